The monoisotopic (exact) mass is 388 g/mol. The van der Waals surface area contributed by atoms with Gasteiger partial charge in [-0.1, -0.05) is 23.8 Å². The largest absolute Gasteiger partial charge is 0.378 e. The molecule has 0 amide bonds. The van der Waals surface area contributed by atoms with E-state index in [4.69, 9.17) is 14.8 Å². The van der Waals surface area contributed by atoms with E-state index in [9.17, 15) is 0 Å². The summed E-state index contributed by atoms with van der Waals surface area (Å²) >= 11 is 0. The van der Waals surface area contributed by atoms with Crippen molar-refractivity contribution in [2.75, 3.05) is 31.2 Å². The second-order valence-electron chi connectivity index (χ2n) is 7.32. The number of benzene rings is 1. The van der Waals surface area contributed by atoms with Crippen LogP contribution in [0, 0.1) is 6.92 Å². The van der Waals surface area contributed by atoms with Crippen molar-refractivity contribution in [2.45, 2.75) is 20.4 Å². The SMILES string of the molecule is CCn1cnc2c(N3CCOCC3)cc(-n3ccc(-c4cccc(C)c4)n3)nc21. The third kappa shape index (κ3) is 3.27. The first-order chi connectivity index (χ1) is 14.2. The molecule has 4 aromatic rings. The number of hydrogen-bond donors (Lipinski definition) is 0. The summed E-state index contributed by atoms with van der Waals surface area (Å²) in [6.45, 7) is 8.18. The summed E-state index contributed by atoms with van der Waals surface area (Å²) in [5.41, 5.74) is 6.18. The molecule has 0 radical (unpaired) electrons. The summed E-state index contributed by atoms with van der Waals surface area (Å²) in [5.74, 6) is 0.799. The number of ether oxygens (including phenoxy) is 1. The lowest BCUT2D eigenvalue weighted by Crippen LogP contribution is -2.36. The van der Waals surface area contributed by atoms with Gasteiger partial charge in [0.2, 0.25) is 0 Å². The maximum Gasteiger partial charge on any atom is 0.164 e. The second-order valence-corrected chi connectivity index (χ2v) is 7.32. The molecule has 0 bridgehead atoms. The highest BCUT2D eigenvalue weighted by molar-refractivity contribution is 5.87. The Bertz CT molecular complexity index is 1160. The topological polar surface area (TPSA) is 61.0 Å². The summed E-state index contributed by atoms with van der Waals surface area (Å²) in [5, 5.41) is 4.81. The Kier molecular flexibility index (Phi) is 4.52. The highest BCUT2D eigenvalue weighted by Crippen LogP contribution is 2.28. The van der Waals surface area contributed by atoms with Crippen LogP contribution in [0.1, 0.15) is 12.5 Å². The molecule has 0 saturated carbocycles. The summed E-state index contributed by atoms with van der Waals surface area (Å²) < 4.78 is 9.47. The van der Waals surface area contributed by atoms with Crippen molar-refractivity contribution in [1.82, 2.24) is 24.3 Å². The Morgan fingerprint density at radius 2 is 1.97 bits per heavy atom. The quantitative estimate of drug-likeness (QED) is 0.536. The summed E-state index contributed by atoms with van der Waals surface area (Å²) in [6, 6.07) is 12.5. The van der Waals surface area contributed by atoms with Gasteiger partial charge in [-0.05, 0) is 26.0 Å². The van der Waals surface area contributed by atoms with E-state index in [1.54, 1.807) is 0 Å². The van der Waals surface area contributed by atoms with Crippen molar-refractivity contribution >= 4 is 16.9 Å². The molecule has 1 aliphatic rings. The Labute approximate surface area is 169 Å². The fourth-order valence-electron chi connectivity index (χ4n) is 3.81. The van der Waals surface area contributed by atoms with E-state index in [2.05, 4.69) is 58.6 Å². The lowest BCUT2D eigenvalue weighted by atomic mass is 10.1. The predicted octanol–water partition coefficient (Wildman–Crippen LogP) is 3.45. The molecule has 1 aliphatic heterocycles. The number of rotatable bonds is 4. The number of aromatic nitrogens is 5. The zero-order valence-corrected chi connectivity index (χ0v) is 16.7. The van der Waals surface area contributed by atoms with E-state index in [-0.39, 0.29) is 0 Å². The van der Waals surface area contributed by atoms with Crippen LogP contribution in [0.2, 0.25) is 0 Å². The molecular weight excluding hydrogens is 364 g/mol. The number of anilines is 1. The van der Waals surface area contributed by atoms with Gasteiger partial charge in [0.15, 0.2) is 11.5 Å². The van der Waals surface area contributed by atoms with Gasteiger partial charge in [-0.25, -0.2) is 14.6 Å². The normalized spacial score (nSPS) is 14.6. The molecular formula is C22H24N6O. The van der Waals surface area contributed by atoms with Gasteiger partial charge in [0.25, 0.3) is 0 Å². The smallest absolute Gasteiger partial charge is 0.164 e. The number of imidazole rings is 1. The van der Waals surface area contributed by atoms with Gasteiger partial charge in [0, 0.05) is 37.5 Å². The maximum atomic E-state index is 5.54. The average molecular weight is 388 g/mol. The van der Waals surface area contributed by atoms with Crippen molar-refractivity contribution < 1.29 is 4.74 Å². The van der Waals surface area contributed by atoms with E-state index in [0.29, 0.717) is 0 Å². The first kappa shape index (κ1) is 17.9. The first-order valence-corrected chi connectivity index (χ1v) is 10.0. The molecule has 0 N–H and O–H groups in total. The van der Waals surface area contributed by atoms with Crippen LogP contribution in [-0.2, 0) is 11.3 Å². The lowest BCUT2D eigenvalue weighted by Gasteiger charge is -2.29. The fourth-order valence-corrected chi connectivity index (χ4v) is 3.81. The lowest BCUT2D eigenvalue weighted by molar-refractivity contribution is 0.123. The number of pyridine rings is 1. The Morgan fingerprint density at radius 3 is 2.76 bits per heavy atom. The van der Waals surface area contributed by atoms with Crippen LogP contribution in [0.5, 0.6) is 0 Å². The molecule has 1 fully saturated rings. The van der Waals surface area contributed by atoms with Gasteiger partial charge < -0.3 is 14.2 Å². The third-order valence-corrected chi connectivity index (χ3v) is 5.37. The highest BCUT2D eigenvalue weighted by atomic mass is 16.5. The van der Waals surface area contributed by atoms with Crippen LogP contribution in [0.25, 0.3) is 28.2 Å². The second kappa shape index (κ2) is 7.33. The molecule has 3 aromatic heterocycles. The van der Waals surface area contributed by atoms with Crippen molar-refractivity contribution in [2.24, 2.45) is 0 Å². The van der Waals surface area contributed by atoms with Crippen LogP contribution < -0.4 is 4.90 Å². The van der Waals surface area contributed by atoms with Gasteiger partial charge in [0.1, 0.15) is 5.52 Å². The van der Waals surface area contributed by atoms with E-state index in [0.717, 1.165) is 66.8 Å². The Balaban J connectivity index is 1.61. The highest BCUT2D eigenvalue weighted by Gasteiger charge is 2.19. The van der Waals surface area contributed by atoms with E-state index in [1.165, 1.54) is 5.56 Å². The molecule has 1 aromatic carbocycles. The molecule has 7 heteroatoms. The van der Waals surface area contributed by atoms with Gasteiger partial charge in [-0.15, -0.1) is 0 Å². The number of morpholine rings is 1. The first-order valence-electron chi connectivity index (χ1n) is 10.0. The molecule has 29 heavy (non-hydrogen) atoms. The Hall–Kier alpha value is -3.19. The minimum absolute atomic E-state index is 0.729. The minimum Gasteiger partial charge on any atom is -0.378 e. The maximum absolute atomic E-state index is 5.54. The molecule has 0 spiro atoms. The van der Waals surface area contributed by atoms with E-state index in [1.807, 2.05) is 23.3 Å². The molecule has 5 rings (SSSR count). The number of fused-ring (bicyclic) bond motifs is 1. The van der Waals surface area contributed by atoms with Crippen molar-refractivity contribution in [3.63, 3.8) is 0 Å². The Morgan fingerprint density at radius 1 is 1.10 bits per heavy atom. The van der Waals surface area contributed by atoms with E-state index < -0.39 is 0 Å². The number of aryl methyl sites for hydroxylation is 2. The standard InChI is InChI=1S/C22H24N6O/c1-3-26-15-23-21-19(27-9-11-29-12-10-27)14-20(24-22(21)26)28-8-7-18(25-28)17-6-4-5-16(2)13-17/h4-8,13-15H,3,9-12H2,1-2H3. The van der Waals surface area contributed by atoms with Gasteiger partial charge in [-0.2, -0.15) is 5.10 Å². The minimum atomic E-state index is 0.729. The molecule has 0 aliphatic carbocycles. The summed E-state index contributed by atoms with van der Waals surface area (Å²) in [7, 11) is 0. The summed E-state index contributed by atoms with van der Waals surface area (Å²) in [6.07, 6.45) is 3.84. The van der Waals surface area contributed by atoms with Gasteiger partial charge in [0.05, 0.1) is 30.9 Å². The predicted molar refractivity (Wildman–Crippen MR) is 114 cm³/mol. The van der Waals surface area contributed by atoms with Crippen molar-refractivity contribution in [3.8, 4) is 17.1 Å². The molecule has 4 heterocycles. The zero-order chi connectivity index (χ0) is 19.8. The molecule has 148 valence electrons. The van der Waals surface area contributed by atoms with Gasteiger partial charge >= 0.3 is 0 Å². The molecule has 7 nitrogen and oxygen atoms in total. The van der Waals surface area contributed by atoms with E-state index >= 15 is 0 Å². The number of nitrogens with zero attached hydrogens (tertiary/aromatic N) is 6. The zero-order valence-electron chi connectivity index (χ0n) is 16.7. The number of hydrogen-bond acceptors (Lipinski definition) is 5. The van der Waals surface area contributed by atoms with Crippen molar-refractivity contribution in [3.05, 3.63) is 54.5 Å². The third-order valence-electron chi connectivity index (χ3n) is 5.37. The molecule has 0 unspecified atom stereocenters. The van der Waals surface area contributed by atoms with Crippen LogP contribution in [0.4, 0.5) is 5.69 Å². The van der Waals surface area contributed by atoms with Crippen molar-refractivity contribution in [1.29, 1.82) is 0 Å². The molecule has 1 saturated heterocycles. The van der Waals surface area contributed by atoms with Crippen LogP contribution in [0.3, 0.4) is 0 Å². The van der Waals surface area contributed by atoms with Crippen LogP contribution in [0.15, 0.2) is 48.9 Å². The fraction of sp³-hybridized carbons (Fsp3) is 0.318. The van der Waals surface area contributed by atoms with Crippen LogP contribution in [-0.4, -0.2) is 50.6 Å². The molecule has 0 atom stereocenters. The summed E-state index contributed by atoms with van der Waals surface area (Å²) in [4.78, 5) is 11.9. The van der Waals surface area contributed by atoms with Gasteiger partial charge in [-0.3, -0.25) is 0 Å². The average Bonchev–Trinajstić information content (AvgIpc) is 3.41. The van der Waals surface area contributed by atoms with Crippen LogP contribution >= 0.6 is 0 Å².